The molecular formula is C10H14O4. The van der Waals surface area contributed by atoms with E-state index < -0.39 is 23.1 Å². The van der Waals surface area contributed by atoms with Gasteiger partial charge in [-0.15, -0.1) is 0 Å². The summed E-state index contributed by atoms with van der Waals surface area (Å²) in [6.07, 6.45) is 0. The fourth-order valence-corrected chi connectivity index (χ4v) is 0.887. The SMILES string of the molecule is C=C1C(=O)OC(C)(C(C)(C)C)OC1=O. The first-order valence-electron chi connectivity index (χ1n) is 4.33. The highest BCUT2D eigenvalue weighted by atomic mass is 16.7. The van der Waals surface area contributed by atoms with E-state index in [4.69, 9.17) is 9.47 Å². The van der Waals surface area contributed by atoms with Crippen molar-refractivity contribution in [3.8, 4) is 0 Å². The second-order valence-electron chi connectivity index (χ2n) is 4.45. The summed E-state index contributed by atoms with van der Waals surface area (Å²) in [5.41, 5.74) is -0.731. The molecule has 0 spiro atoms. The third-order valence-corrected chi connectivity index (χ3v) is 2.43. The molecule has 0 aliphatic carbocycles. The van der Waals surface area contributed by atoms with Gasteiger partial charge in [-0.3, -0.25) is 0 Å². The van der Waals surface area contributed by atoms with Gasteiger partial charge in [0, 0.05) is 12.3 Å². The Kier molecular flexibility index (Phi) is 2.18. The maximum atomic E-state index is 11.2. The summed E-state index contributed by atoms with van der Waals surface area (Å²) in [7, 11) is 0. The first-order chi connectivity index (χ1) is 6.17. The molecule has 0 N–H and O–H groups in total. The first kappa shape index (κ1) is 10.8. The minimum Gasteiger partial charge on any atom is -0.418 e. The van der Waals surface area contributed by atoms with Crippen molar-refractivity contribution >= 4 is 11.9 Å². The number of carbonyl (C=O) groups excluding carboxylic acids is 2. The number of carbonyl (C=O) groups is 2. The van der Waals surface area contributed by atoms with E-state index in [9.17, 15) is 9.59 Å². The summed E-state index contributed by atoms with van der Waals surface area (Å²) < 4.78 is 10.1. The molecule has 0 aromatic rings. The van der Waals surface area contributed by atoms with Crippen LogP contribution in [0.25, 0.3) is 0 Å². The van der Waals surface area contributed by atoms with Crippen molar-refractivity contribution in [2.24, 2.45) is 5.41 Å². The normalized spacial score (nSPS) is 21.6. The first-order valence-corrected chi connectivity index (χ1v) is 4.33. The van der Waals surface area contributed by atoms with E-state index in [0.717, 1.165) is 0 Å². The van der Waals surface area contributed by atoms with E-state index in [0.29, 0.717) is 0 Å². The number of esters is 2. The summed E-state index contributed by atoms with van der Waals surface area (Å²) in [6, 6.07) is 0. The summed E-state index contributed by atoms with van der Waals surface area (Å²) in [5.74, 6) is -2.64. The minimum absolute atomic E-state index is 0.258. The number of rotatable bonds is 0. The molecule has 0 atom stereocenters. The topological polar surface area (TPSA) is 52.6 Å². The Bertz CT molecular complexity index is 289. The van der Waals surface area contributed by atoms with Gasteiger partial charge in [-0.2, -0.15) is 0 Å². The van der Waals surface area contributed by atoms with Gasteiger partial charge in [0.25, 0.3) is 5.79 Å². The molecule has 1 rings (SSSR count). The third kappa shape index (κ3) is 1.52. The van der Waals surface area contributed by atoms with Gasteiger partial charge in [0.1, 0.15) is 5.57 Å². The van der Waals surface area contributed by atoms with Crippen LogP contribution in [0.2, 0.25) is 0 Å². The second-order valence-corrected chi connectivity index (χ2v) is 4.45. The van der Waals surface area contributed by atoms with Crippen molar-refractivity contribution in [1.29, 1.82) is 0 Å². The summed E-state index contributed by atoms with van der Waals surface area (Å²) in [5, 5.41) is 0. The molecule has 0 aromatic heterocycles. The van der Waals surface area contributed by atoms with Crippen LogP contribution >= 0.6 is 0 Å². The van der Waals surface area contributed by atoms with Gasteiger partial charge in [0.2, 0.25) is 0 Å². The molecule has 1 aliphatic rings. The molecular weight excluding hydrogens is 184 g/mol. The molecule has 0 bridgehead atoms. The van der Waals surface area contributed by atoms with Crippen molar-refractivity contribution in [1.82, 2.24) is 0 Å². The van der Waals surface area contributed by atoms with Crippen LogP contribution in [0.1, 0.15) is 27.7 Å². The van der Waals surface area contributed by atoms with Crippen LogP contribution in [0.5, 0.6) is 0 Å². The predicted octanol–water partition coefficient (Wildman–Crippen LogP) is 1.40. The fourth-order valence-electron chi connectivity index (χ4n) is 0.887. The standard InChI is InChI=1S/C10H14O4/c1-6-7(11)13-10(5,9(2,3)4)14-8(6)12/h1H2,2-5H3. The molecule has 0 unspecified atom stereocenters. The molecule has 0 amide bonds. The molecule has 0 saturated carbocycles. The monoisotopic (exact) mass is 198 g/mol. The Morgan fingerprint density at radius 2 is 1.50 bits per heavy atom. The van der Waals surface area contributed by atoms with Crippen molar-refractivity contribution < 1.29 is 19.1 Å². The zero-order valence-corrected chi connectivity index (χ0v) is 8.84. The van der Waals surface area contributed by atoms with Crippen molar-refractivity contribution in [3.05, 3.63) is 12.2 Å². The highest BCUT2D eigenvalue weighted by Crippen LogP contribution is 2.38. The highest BCUT2D eigenvalue weighted by molar-refractivity contribution is 6.14. The van der Waals surface area contributed by atoms with E-state index in [1.807, 2.05) is 20.8 Å². The Morgan fingerprint density at radius 3 is 1.79 bits per heavy atom. The molecule has 4 heteroatoms. The Hall–Kier alpha value is -1.32. The van der Waals surface area contributed by atoms with Gasteiger partial charge in [-0.1, -0.05) is 27.4 Å². The van der Waals surface area contributed by atoms with Crippen LogP contribution in [0.15, 0.2) is 12.2 Å². The van der Waals surface area contributed by atoms with Crippen molar-refractivity contribution in [2.45, 2.75) is 33.5 Å². The van der Waals surface area contributed by atoms with Crippen molar-refractivity contribution in [3.63, 3.8) is 0 Å². The molecule has 0 aromatic carbocycles. The largest absolute Gasteiger partial charge is 0.418 e. The molecule has 0 radical (unpaired) electrons. The van der Waals surface area contributed by atoms with E-state index >= 15 is 0 Å². The molecule has 4 nitrogen and oxygen atoms in total. The van der Waals surface area contributed by atoms with Crippen molar-refractivity contribution in [2.75, 3.05) is 0 Å². The summed E-state index contributed by atoms with van der Waals surface area (Å²) in [4.78, 5) is 22.5. The van der Waals surface area contributed by atoms with E-state index in [1.165, 1.54) is 0 Å². The van der Waals surface area contributed by atoms with Crippen LogP contribution in [-0.4, -0.2) is 17.7 Å². The zero-order chi connectivity index (χ0) is 11.1. The van der Waals surface area contributed by atoms with Gasteiger partial charge in [0.15, 0.2) is 0 Å². The summed E-state index contributed by atoms with van der Waals surface area (Å²) >= 11 is 0. The number of hydrogen-bond acceptors (Lipinski definition) is 4. The smallest absolute Gasteiger partial charge is 0.348 e. The number of hydrogen-bond donors (Lipinski definition) is 0. The molecule has 14 heavy (non-hydrogen) atoms. The van der Waals surface area contributed by atoms with E-state index in [-0.39, 0.29) is 5.57 Å². The minimum atomic E-state index is -1.22. The predicted molar refractivity (Wildman–Crippen MR) is 49.2 cm³/mol. The van der Waals surface area contributed by atoms with Crippen LogP contribution < -0.4 is 0 Å². The molecule has 78 valence electrons. The average molecular weight is 198 g/mol. The molecule has 1 saturated heterocycles. The lowest BCUT2D eigenvalue weighted by Gasteiger charge is -2.42. The Labute approximate surface area is 82.9 Å². The van der Waals surface area contributed by atoms with Gasteiger partial charge in [-0.05, 0) is 0 Å². The van der Waals surface area contributed by atoms with Gasteiger partial charge >= 0.3 is 11.9 Å². The zero-order valence-electron chi connectivity index (χ0n) is 8.84. The van der Waals surface area contributed by atoms with Gasteiger partial charge in [-0.25, -0.2) is 9.59 Å². The van der Waals surface area contributed by atoms with Crippen LogP contribution in [0.3, 0.4) is 0 Å². The highest BCUT2D eigenvalue weighted by Gasteiger charge is 2.49. The maximum Gasteiger partial charge on any atom is 0.348 e. The quantitative estimate of drug-likeness (QED) is 0.335. The van der Waals surface area contributed by atoms with Gasteiger partial charge < -0.3 is 9.47 Å². The number of ether oxygens (including phenoxy) is 2. The van der Waals surface area contributed by atoms with Gasteiger partial charge in [0.05, 0.1) is 0 Å². The van der Waals surface area contributed by atoms with Crippen LogP contribution in [0, 0.1) is 5.41 Å². The second kappa shape index (κ2) is 2.83. The van der Waals surface area contributed by atoms with Crippen LogP contribution in [0.4, 0.5) is 0 Å². The van der Waals surface area contributed by atoms with E-state index in [2.05, 4.69) is 6.58 Å². The summed E-state index contributed by atoms with van der Waals surface area (Å²) in [6.45, 7) is 10.3. The Balaban J connectivity index is 3.02. The average Bonchev–Trinajstić information content (AvgIpc) is 1.98. The lowest BCUT2D eigenvalue weighted by molar-refractivity contribution is -0.261. The Morgan fingerprint density at radius 1 is 1.14 bits per heavy atom. The van der Waals surface area contributed by atoms with Crippen LogP contribution in [-0.2, 0) is 19.1 Å². The fraction of sp³-hybridized carbons (Fsp3) is 0.600. The third-order valence-electron chi connectivity index (χ3n) is 2.43. The van der Waals surface area contributed by atoms with E-state index in [1.54, 1.807) is 6.92 Å². The molecule has 1 fully saturated rings. The molecule has 1 heterocycles. The lowest BCUT2D eigenvalue weighted by atomic mass is 9.86. The maximum absolute atomic E-state index is 11.2. The molecule has 1 aliphatic heterocycles. The number of cyclic esters (lactones) is 2. The lowest BCUT2D eigenvalue weighted by Crippen LogP contribution is -2.52.